The van der Waals surface area contributed by atoms with Gasteiger partial charge in [-0.3, -0.25) is 19.8 Å². The van der Waals surface area contributed by atoms with E-state index in [9.17, 15) is 19.6 Å². The minimum absolute atomic E-state index is 0.190. The molecule has 0 radical (unpaired) electrons. The van der Waals surface area contributed by atoms with E-state index in [-0.39, 0.29) is 23.1 Å². The molecule has 0 saturated carbocycles. The number of anilines is 2. The third-order valence-electron chi connectivity index (χ3n) is 6.50. The molecule has 0 aliphatic carbocycles. The molecule has 1 fully saturated rings. The first-order valence-corrected chi connectivity index (χ1v) is 15.4. The standard InChI is InChI=1S/C32H25ClN4O4S2/c1-2-41-31(40)21-14-12-20(13-15-21)16-27-29(39)37(23-9-4-3-5-10-23)30(43-27)25(18-34)28(38)36-32-35-19-24(42-32)17-22-8-6-7-11-26(22)33/h3-15,19,27H,2,16-17H2,1H3,(H,35,36,38)/b30-25-/t27-/m1/s1. The van der Waals surface area contributed by atoms with Crippen molar-refractivity contribution in [2.24, 2.45) is 0 Å². The molecule has 1 aliphatic heterocycles. The number of benzene rings is 3. The number of aromatic nitrogens is 1. The second-order valence-corrected chi connectivity index (χ2v) is 12.1. The summed E-state index contributed by atoms with van der Waals surface area (Å²) in [4.78, 5) is 45.8. The zero-order valence-electron chi connectivity index (χ0n) is 23.0. The Balaban J connectivity index is 1.39. The fourth-order valence-electron chi connectivity index (χ4n) is 4.44. The summed E-state index contributed by atoms with van der Waals surface area (Å²) in [6.45, 7) is 2.02. The number of amides is 2. The van der Waals surface area contributed by atoms with E-state index in [2.05, 4.69) is 10.3 Å². The molecule has 0 bridgehead atoms. The molecule has 43 heavy (non-hydrogen) atoms. The molecule has 4 aromatic rings. The highest BCUT2D eigenvalue weighted by Crippen LogP contribution is 2.42. The van der Waals surface area contributed by atoms with Crippen LogP contribution in [-0.4, -0.2) is 34.6 Å². The molecule has 216 valence electrons. The van der Waals surface area contributed by atoms with Crippen LogP contribution in [0.25, 0.3) is 0 Å². The fraction of sp³-hybridized carbons (Fsp3) is 0.156. The monoisotopic (exact) mass is 628 g/mol. The highest BCUT2D eigenvalue weighted by atomic mass is 35.5. The van der Waals surface area contributed by atoms with Gasteiger partial charge in [-0.15, -0.1) is 11.3 Å². The molecule has 2 amide bonds. The molecule has 5 rings (SSSR count). The molecule has 2 heterocycles. The molecule has 8 nitrogen and oxygen atoms in total. The van der Waals surface area contributed by atoms with Crippen molar-refractivity contribution in [2.75, 3.05) is 16.8 Å². The van der Waals surface area contributed by atoms with Crippen molar-refractivity contribution >= 4 is 63.3 Å². The van der Waals surface area contributed by atoms with Crippen LogP contribution in [0.1, 0.15) is 33.3 Å². The van der Waals surface area contributed by atoms with Gasteiger partial charge in [0.05, 0.1) is 17.4 Å². The molecule has 11 heteroatoms. The Hall–Kier alpha value is -4.43. The Bertz CT molecular complexity index is 1730. The summed E-state index contributed by atoms with van der Waals surface area (Å²) in [6.07, 6.45) is 2.54. The summed E-state index contributed by atoms with van der Waals surface area (Å²) in [7, 11) is 0. The number of hydrogen-bond acceptors (Lipinski definition) is 8. The van der Waals surface area contributed by atoms with Crippen LogP contribution in [0.15, 0.2) is 95.7 Å². The van der Waals surface area contributed by atoms with Crippen LogP contribution in [0.2, 0.25) is 5.02 Å². The van der Waals surface area contributed by atoms with E-state index in [4.69, 9.17) is 16.3 Å². The summed E-state index contributed by atoms with van der Waals surface area (Å²) in [6, 6.07) is 25.3. The third-order valence-corrected chi connectivity index (χ3v) is 9.05. The quantitative estimate of drug-likeness (QED) is 0.126. The lowest BCUT2D eigenvalue weighted by molar-refractivity contribution is -0.117. The van der Waals surface area contributed by atoms with E-state index in [0.29, 0.717) is 34.2 Å². The van der Waals surface area contributed by atoms with Gasteiger partial charge in [-0.2, -0.15) is 5.26 Å². The SMILES string of the molecule is CCOC(=O)c1ccc(C[C@H]2S/C(=C(/C#N)C(=O)Nc3ncc(Cc4ccccc4Cl)s3)N(c3ccccc3)C2=O)cc1. The zero-order valence-corrected chi connectivity index (χ0v) is 25.3. The average molecular weight is 629 g/mol. The van der Waals surface area contributed by atoms with Crippen LogP contribution < -0.4 is 10.2 Å². The number of rotatable bonds is 9. The Morgan fingerprint density at radius 3 is 2.49 bits per heavy atom. The van der Waals surface area contributed by atoms with Crippen LogP contribution in [0.4, 0.5) is 10.8 Å². The largest absolute Gasteiger partial charge is 0.462 e. The van der Waals surface area contributed by atoms with E-state index < -0.39 is 17.1 Å². The molecule has 1 aromatic heterocycles. The predicted octanol–water partition coefficient (Wildman–Crippen LogP) is 6.63. The minimum Gasteiger partial charge on any atom is -0.462 e. The van der Waals surface area contributed by atoms with Gasteiger partial charge in [-0.05, 0) is 54.8 Å². The number of thioether (sulfide) groups is 1. The summed E-state index contributed by atoms with van der Waals surface area (Å²) in [5.41, 5.74) is 2.54. The van der Waals surface area contributed by atoms with Crippen LogP contribution in [0.3, 0.4) is 0 Å². The number of esters is 1. The normalized spacial score (nSPS) is 15.6. The smallest absolute Gasteiger partial charge is 0.338 e. The van der Waals surface area contributed by atoms with Gasteiger partial charge in [0.2, 0.25) is 5.91 Å². The lowest BCUT2D eigenvalue weighted by atomic mass is 10.1. The number of ether oxygens (including phenoxy) is 1. The Morgan fingerprint density at radius 2 is 1.79 bits per heavy atom. The number of hydrogen-bond donors (Lipinski definition) is 1. The second-order valence-electron chi connectivity index (χ2n) is 9.38. The fourth-order valence-corrected chi connectivity index (χ4v) is 6.78. The highest BCUT2D eigenvalue weighted by molar-refractivity contribution is 8.05. The molecular weight excluding hydrogens is 604 g/mol. The van der Waals surface area contributed by atoms with Gasteiger partial charge >= 0.3 is 5.97 Å². The maximum absolute atomic E-state index is 13.7. The van der Waals surface area contributed by atoms with Crippen LogP contribution in [-0.2, 0) is 27.2 Å². The number of thiazole rings is 1. The van der Waals surface area contributed by atoms with Crippen molar-refractivity contribution in [1.29, 1.82) is 5.26 Å². The summed E-state index contributed by atoms with van der Waals surface area (Å²) < 4.78 is 5.04. The molecule has 0 unspecified atom stereocenters. The van der Waals surface area contributed by atoms with Crippen LogP contribution in [0.5, 0.6) is 0 Å². The van der Waals surface area contributed by atoms with Crippen LogP contribution in [0, 0.1) is 11.3 Å². The highest BCUT2D eigenvalue weighted by Gasteiger charge is 2.41. The Morgan fingerprint density at radius 1 is 1.07 bits per heavy atom. The van der Waals surface area contributed by atoms with E-state index in [1.165, 1.54) is 16.2 Å². The van der Waals surface area contributed by atoms with Gasteiger partial charge in [-0.25, -0.2) is 9.78 Å². The van der Waals surface area contributed by atoms with Gasteiger partial charge in [0, 0.05) is 28.2 Å². The van der Waals surface area contributed by atoms with E-state index >= 15 is 0 Å². The van der Waals surface area contributed by atoms with Crippen molar-refractivity contribution in [2.45, 2.75) is 25.0 Å². The van der Waals surface area contributed by atoms with Gasteiger partial charge < -0.3 is 4.74 Å². The lowest BCUT2D eigenvalue weighted by Gasteiger charge is -2.18. The maximum atomic E-state index is 13.7. The molecule has 1 aliphatic rings. The second kappa shape index (κ2) is 13.7. The summed E-state index contributed by atoms with van der Waals surface area (Å²) in [5, 5.41) is 13.5. The van der Waals surface area contributed by atoms with Crippen LogP contribution >= 0.6 is 34.7 Å². The lowest BCUT2D eigenvalue weighted by Crippen LogP contribution is -2.30. The number of halogens is 1. The van der Waals surface area contributed by atoms with Crippen molar-refractivity contribution < 1.29 is 19.1 Å². The predicted molar refractivity (Wildman–Crippen MR) is 169 cm³/mol. The number of nitrogens with one attached hydrogen (secondary N) is 1. The Labute approximate surface area is 262 Å². The van der Waals surface area contributed by atoms with Crippen molar-refractivity contribution in [1.82, 2.24) is 4.98 Å². The third kappa shape index (κ3) is 6.97. The first kappa shape index (κ1) is 30.0. The van der Waals surface area contributed by atoms with Gasteiger partial charge in [0.25, 0.3) is 5.91 Å². The summed E-state index contributed by atoms with van der Waals surface area (Å²) >= 11 is 8.74. The van der Waals surface area contributed by atoms with Gasteiger partial charge in [0.15, 0.2) is 5.13 Å². The first-order chi connectivity index (χ1) is 20.9. The first-order valence-electron chi connectivity index (χ1n) is 13.3. The maximum Gasteiger partial charge on any atom is 0.338 e. The molecule has 1 saturated heterocycles. The van der Waals surface area contributed by atoms with Gasteiger partial charge in [0.1, 0.15) is 16.7 Å². The molecule has 1 atom stereocenters. The van der Waals surface area contributed by atoms with E-state index in [1.807, 2.05) is 36.4 Å². The van der Waals surface area contributed by atoms with Crippen molar-refractivity contribution in [3.63, 3.8) is 0 Å². The van der Waals surface area contributed by atoms with Crippen molar-refractivity contribution in [3.8, 4) is 6.07 Å². The van der Waals surface area contributed by atoms with Gasteiger partial charge in [-0.1, -0.05) is 71.9 Å². The zero-order chi connectivity index (χ0) is 30.3. The topological polar surface area (TPSA) is 112 Å². The molecule has 0 spiro atoms. The number of para-hydroxylation sites is 1. The molecule has 1 N–H and O–H groups in total. The molecular formula is C32H25ClN4O4S2. The number of nitriles is 1. The average Bonchev–Trinajstić information content (AvgIpc) is 3.58. The number of nitrogens with zero attached hydrogens (tertiary/aromatic N) is 3. The molecule has 3 aromatic carbocycles. The Kier molecular flexibility index (Phi) is 9.57. The summed E-state index contributed by atoms with van der Waals surface area (Å²) in [5.74, 6) is -1.32. The minimum atomic E-state index is -0.656. The van der Waals surface area contributed by atoms with E-state index in [1.54, 1.807) is 61.7 Å². The number of carbonyl (C=O) groups excluding carboxylic acids is 3. The van der Waals surface area contributed by atoms with E-state index in [0.717, 1.165) is 27.8 Å². The number of carbonyl (C=O) groups is 3. The van der Waals surface area contributed by atoms with Crippen molar-refractivity contribution in [3.05, 3.63) is 122 Å².